The van der Waals surface area contributed by atoms with Crippen molar-refractivity contribution in [1.29, 1.82) is 0 Å². The number of hydrogen-bond acceptors (Lipinski definition) is 13. The second-order valence-electron chi connectivity index (χ2n) is 14.7. The van der Waals surface area contributed by atoms with E-state index in [1.807, 2.05) is 0 Å². The van der Waals surface area contributed by atoms with E-state index in [9.17, 15) is 33.9 Å². The fourth-order valence-corrected chi connectivity index (χ4v) is 5.97. The Morgan fingerprint density at radius 3 is 1.31 bits per heavy atom. The van der Waals surface area contributed by atoms with Crippen LogP contribution in [0.15, 0.2) is 0 Å². The van der Waals surface area contributed by atoms with Gasteiger partial charge < -0.3 is 64.7 Å². The summed E-state index contributed by atoms with van der Waals surface area (Å²) >= 11 is 0. The standard InChI is InChI=1S/C43H80N4O14/c48-25-30-60-34-33-59-29-24-46-41(51)37-61-36-35-57-27-22-44-21-26-56-31-32-58-28-23-45-39(49)20-19-38(43(54)55)47-40(50)17-15-13-11-9-7-5-3-1-2-4-6-8-10-12-14-16-18-42(52)53/h25,38,44H,1-24,26-37H2,(H,45,49)(H,46,51)(H,47,50)(H,52,53)(H,54,55)/t38-/m0/s1. The SMILES string of the molecule is O=CCOCCOCCNC(=O)COCCOCCNCCOCCOCCNC(=O)CC[C@H](NC(=O)CCCCCCCCCCCCCCCCCCC(=O)O)C(=O)O. The number of rotatable bonds is 49. The first-order chi connectivity index (χ1) is 29.8. The lowest BCUT2D eigenvalue weighted by Crippen LogP contribution is -2.41. The van der Waals surface area contributed by atoms with Gasteiger partial charge in [0.15, 0.2) is 0 Å². The molecule has 0 radical (unpaired) electrons. The van der Waals surface area contributed by atoms with Gasteiger partial charge >= 0.3 is 11.9 Å². The third kappa shape index (κ3) is 46.1. The summed E-state index contributed by atoms with van der Waals surface area (Å²) < 4.78 is 31.9. The van der Waals surface area contributed by atoms with Crippen molar-refractivity contribution in [2.24, 2.45) is 0 Å². The molecule has 0 aromatic rings. The van der Waals surface area contributed by atoms with Crippen LogP contribution in [-0.4, -0.2) is 158 Å². The molecule has 0 aromatic heterocycles. The first kappa shape index (κ1) is 57.7. The maximum atomic E-state index is 12.3. The van der Waals surface area contributed by atoms with Gasteiger partial charge in [-0.2, -0.15) is 0 Å². The van der Waals surface area contributed by atoms with E-state index in [-0.39, 0.29) is 69.8 Å². The molecular formula is C43H80N4O14. The van der Waals surface area contributed by atoms with Gasteiger partial charge in [-0.3, -0.25) is 19.2 Å². The minimum atomic E-state index is -1.16. The molecule has 1 atom stereocenters. The molecule has 0 aromatic carbocycles. The number of amides is 3. The van der Waals surface area contributed by atoms with Gasteiger partial charge in [-0.15, -0.1) is 0 Å². The molecular weight excluding hydrogens is 796 g/mol. The fourth-order valence-electron chi connectivity index (χ4n) is 5.97. The Labute approximate surface area is 364 Å². The lowest BCUT2D eigenvalue weighted by atomic mass is 10.0. The molecule has 0 spiro atoms. The number of hydrogen-bond donors (Lipinski definition) is 6. The predicted octanol–water partition coefficient (Wildman–Crippen LogP) is 3.56. The summed E-state index contributed by atoms with van der Waals surface area (Å²) in [6.07, 6.45) is 19.2. The number of ether oxygens (including phenoxy) is 6. The Hall–Kier alpha value is -3.26. The van der Waals surface area contributed by atoms with Crippen LogP contribution in [0.3, 0.4) is 0 Å². The van der Waals surface area contributed by atoms with Crippen LogP contribution in [0.1, 0.15) is 128 Å². The lowest BCUT2D eigenvalue weighted by Gasteiger charge is -2.14. The average molecular weight is 877 g/mol. The molecule has 6 N–H and O–H groups in total. The molecule has 3 amide bonds. The molecule has 0 unspecified atom stereocenters. The molecule has 0 aliphatic carbocycles. The van der Waals surface area contributed by atoms with Gasteiger partial charge in [0, 0.05) is 45.4 Å². The van der Waals surface area contributed by atoms with Crippen LogP contribution < -0.4 is 21.3 Å². The van der Waals surface area contributed by atoms with E-state index in [4.69, 9.17) is 33.5 Å². The fraction of sp³-hybridized carbons (Fsp3) is 0.860. The van der Waals surface area contributed by atoms with E-state index in [1.165, 1.54) is 57.8 Å². The molecule has 61 heavy (non-hydrogen) atoms. The zero-order valence-electron chi connectivity index (χ0n) is 36.9. The topological polar surface area (TPSA) is 246 Å². The summed E-state index contributed by atoms with van der Waals surface area (Å²) in [5.74, 6) is -2.71. The van der Waals surface area contributed by atoms with Crippen LogP contribution in [0.5, 0.6) is 0 Å². The van der Waals surface area contributed by atoms with Gasteiger partial charge in [-0.05, 0) is 19.3 Å². The largest absolute Gasteiger partial charge is 0.481 e. The smallest absolute Gasteiger partial charge is 0.326 e. The Bertz CT molecular complexity index is 1090. The van der Waals surface area contributed by atoms with Crippen molar-refractivity contribution in [3.8, 4) is 0 Å². The highest BCUT2D eigenvalue weighted by Crippen LogP contribution is 2.14. The zero-order valence-corrected chi connectivity index (χ0v) is 36.9. The maximum Gasteiger partial charge on any atom is 0.326 e. The summed E-state index contributed by atoms with van der Waals surface area (Å²) in [6.45, 7) is 5.56. The molecule has 0 aliphatic rings. The van der Waals surface area contributed by atoms with E-state index in [0.717, 1.165) is 38.5 Å². The molecule has 0 saturated carbocycles. The van der Waals surface area contributed by atoms with E-state index in [2.05, 4.69) is 21.3 Å². The van der Waals surface area contributed by atoms with Gasteiger partial charge in [0.25, 0.3) is 0 Å². The Kier molecular flexibility index (Phi) is 43.8. The van der Waals surface area contributed by atoms with Crippen LogP contribution in [0.25, 0.3) is 0 Å². The number of aliphatic carboxylic acids is 2. The van der Waals surface area contributed by atoms with E-state index >= 15 is 0 Å². The van der Waals surface area contributed by atoms with E-state index in [1.54, 1.807) is 0 Å². The summed E-state index contributed by atoms with van der Waals surface area (Å²) in [6, 6.07) is -1.11. The van der Waals surface area contributed by atoms with Crippen molar-refractivity contribution < 1.29 is 67.4 Å². The first-order valence-corrected chi connectivity index (χ1v) is 22.6. The zero-order chi connectivity index (χ0) is 44.7. The predicted molar refractivity (Wildman–Crippen MR) is 229 cm³/mol. The molecule has 356 valence electrons. The Morgan fingerprint density at radius 2 is 0.852 bits per heavy atom. The molecule has 0 saturated heterocycles. The van der Waals surface area contributed by atoms with Crippen molar-refractivity contribution in [3.05, 3.63) is 0 Å². The van der Waals surface area contributed by atoms with Crippen molar-refractivity contribution in [2.45, 2.75) is 134 Å². The molecule has 0 bridgehead atoms. The van der Waals surface area contributed by atoms with Crippen molar-refractivity contribution in [2.75, 3.05) is 105 Å². The normalized spacial score (nSPS) is 11.6. The number of carbonyl (C=O) groups is 6. The number of carboxylic acid groups (broad SMARTS) is 2. The maximum absolute atomic E-state index is 12.3. The highest BCUT2D eigenvalue weighted by molar-refractivity contribution is 5.84. The van der Waals surface area contributed by atoms with Crippen molar-refractivity contribution in [1.82, 2.24) is 21.3 Å². The van der Waals surface area contributed by atoms with Crippen LogP contribution in [-0.2, 0) is 57.2 Å². The van der Waals surface area contributed by atoms with Gasteiger partial charge in [0.1, 0.15) is 25.5 Å². The van der Waals surface area contributed by atoms with E-state index in [0.29, 0.717) is 91.8 Å². The van der Waals surface area contributed by atoms with Crippen LogP contribution in [0, 0.1) is 0 Å². The number of carbonyl (C=O) groups excluding carboxylic acids is 4. The molecule has 0 heterocycles. The monoisotopic (exact) mass is 877 g/mol. The summed E-state index contributed by atoms with van der Waals surface area (Å²) in [5.41, 5.74) is 0. The van der Waals surface area contributed by atoms with Crippen LogP contribution in [0.2, 0.25) is 0 Å². The summed E-state index contributed by atoms with van der Waals surface area (Å²) in [5, 5.41) is 29.3. The number of unbranched alkanes of at least 4 members (excludes halogenated alkanes) is 15. The average Bonchev–Trinajstić information content (AvgIpc) is 3.23. The summed E-state index contributed by atoms with van der Waals surface area (Å²) in [4.78, 5) is 68.5. The molecule has 0 aliphatic heterocycles. The summed E-state index contributed by atoms with van der Waals surface area (Å²) in [7, 11) is 0. The van der Waals surface area contributed by atoms with Gasteiger partial charge in [-0.1, -0.05) is 89.9 Å². The number of carboxylic acids is 2. The van der Waals surface area contributed by atoms with Crippen LogP contribution in [0.4, 0.5) is 0 Å². The lowest BCUT2D eigenvalue weighted by molar-refractivity contribution is -0.142. The third-order valence-corrected chi connectivity index (χ3v) is 9.36. The van der Waals surface area contributed by atoms with E-state index < -0.39 is 18.0 Å². The molecule has 0 fully saturated rings. The van der Waals surface area contributed by atoms with Crippen molar-refractivity contribution in [3.63, 3.8) is 0 Å². The van der Waals surface area contributed by atoms with Crippen LogP contribution >= 0.6 is 0 Å². The molecule has 18 heteroatoms. The minimum absolute atomic E-state index is 0.00825. The number of aldehydes is 1. The third-order valence-electron chi connectivity index (χ3n) is 9.36. The highest BCUT2D eigenvalue weighted by atomic mass is 16.5. The highest BCUT2D eigenvalue weighted by Gasteiger charge is 2.20. The first-order valence-electron chi connectivity index (χ1n) is 22.6. The number of nitrogens with one attached hydrogen (secondary N) is 4. The molecule has 0 rings (SSSR count). The Balaban J connectivity index is 3.53. The van der Waals surface area contributed by atoms with Gasteiger partial charge in [0.05, 0.1) is 66.1 Å². The minimum Gasteiger partial charge on any atom is -0.481 e. The van der Waals surface area contributed by atoms with Gasteiger partial charge in [0.2, 0.25) is 17.7 Å². The quantitative estimate of drug-likeness (QED) is 0.0378. The Morgan fingerprint density at radius 1 is 0.443 bits per heavy atom. The second kappa shape index (κ2) is 46.2. The van der Waals surface area contributed by atoms with Crippen molar-refractivity contribution >= 4 is 35.9 Å². The van der Waals surface area contributed by atoms with Gasteiger partial charge in [-0.25, -0.2) is 4.79 Å². The molecule has 18 nitrogen and oxygen atoms in total. The second-order valence-corrected chi connectivity index (χ2v) is 14.7.